The van der Waals surface area contributed by atoms with Crippen LogP contribution in [0.5, 0.6) is 5.75 Å². The minimum atomic E-state index is -0.732. The molecule has 2 aromatic rings. The molecule has 0 N–H and O–H groups in total. The monoisotopic (exact) mass is 444 g/mol. The van der Waals surface area contributed by atoms with Crippen LogP contribution in [0.3, 0.4) is 0 Å². The molecule has 0 bridgehead atoms. The quantitative estimate of drug-likeness (QED) is 0.590. The third kappa shape index (κ3) is 4.74. The zero-order chi connectivity index (χ0) is 23.3. The smallest absolute Gasteiger partial charge is 0.352 e. The van der Waals surface area contributed by atoms with Gasteiger partial charge in [-0.1, -0.05) is 6.92 Å². The van der Waals surface area contributed by atoms with Gasteiger partial charge < -0.3 is 14.4 Å². The second kappa shape index (κ2) is 10.3. The van der Waals surface area contributed by atoms with Gasteiger partial charge in [0.25, 0.3) is 11.5 Å². The van der Waals surface area contributed by atoms with E-state index in [1.807, 2.05) is 6.92 Å². The van der Waals surface area contributed by atoms with E-state index in [9.17, 15) is 19.2 Å². The lowest BCUT2D eigenvalue weighted by Gasteiger charge is -2.31. The van der Waals surface area contributed by atoms with Crippen LogP contribution < -0.4 is 16.0 Å². The number of amides is 1. The zero-order valence-electron chi connectivity index (χ0n) is 18.6. The fraction of sp³-hybridized carbons (Fsp3) is 0.500. The van der Waals surface area contributed by atoms with Crippen LogP contribution in [0.15, 0.2) is 33.9 Å². The summed E-state index contributed by atoms with van der Waals surface area (Å²) in [5.41, 5.74) is -1.30. The summed E-state index contributed by atoms with van der Waals surface area (Å²) in [6.07, 6.45) is 1.75. The predicted molar refractivity (Wildman–Crippen MR) is 116 cm³/mol. The number of aromatic nitrogens is 3. The van der Waals surface area contributed by atoms with E-state index in [2.05, 4.69) is 5.10 Å². The number of rotatable bonds is 7. The molecule has 32 heavy (non-hydrogen) atoms. The molecule has 0 spiro atoms. The van der Waals surface area contributed by atoms with Gasteiger partial charge in [0, 0.05) is 19.6 Å². The van der Waals surface area contributed by atoms with Gasteiger partial charge in [-0.3, -0.25) is 19.0 Å². The second-order valence-corrected chi connectivity index (χ2v) is 7.54. The van der Waals surface area contributed by atoms with Gasteiger partial charge in [-0.25, -0.2) is 4.79 Å². The first kappa shape index (κ1) is 23.2. The van der Waals surface area contributed by atoms with Crippen molar-refractivity contribution in [3.8, 4) is 11.4 Å². The van der Waals surface area contributed by atoms with Gasteiger partial charge in [-0.15, -0.1) is 0 Å². The van der Waals surface area contributed by atoms with Crippen LogP contribution in [-0.2, 0) is 16.1 Å². The number of hydrogen-bond acceptors (Lipinski definition) is 7. The average molecular weight is 444 g/mol. The van der Waals surface area contributed by atoms with Gasteiger partial charge in [-0.05, 0) is 50.5 Å². The van der Waals surface area contributed by atoms with Crippen molar-refractivity contribution in [1.82, 2.24) is 19.2 Å². The zero-order valence-corrected chi connectivity index (χ0v) is 18.6. The van der Waals surface area contributed by atoms with Gasteiger partial charge in [0.1, 0.15) is 5.75 Å². The molecule has 1 aromatic heterocycles. The van der Waals surface area contributed by atoms with Crippen LogP contribution in [0.2, 0.25) is 0 Å². The number of carbonyl (C=O) groups excluding carboxylic acids is 2. The fourth-order valence-corrected chi connectivity index (χ4v) is 3.73. The molecule has 1 amide bonds. The van der Waals surface area contributed by atoms with Crippen molar-refractivity contribution in [2.24, 2.45) is 5.92 Å². The highest BCUT2D eigenvalue weighted by Crippen LogP contribution is 2.19. The Kier molecular flexibility index (Phi) is 7.45. The summed E-state index contributed by atoms with van der Waals surface area (Å²) < 4.78 is 12.3. The maximum Gasteiger partial charge on any atom is 0.352 e. The molecule has 1 saturated heterocycles. The predicted octanol–water partition coefficient (Wildman–Crippen LogP) is 1.23. The minimum Gasteiger partial charge on any atom is -0.497 e. The van der Waals surface area contributed by atoms with Crippen LogP contribution in [0, 0.1) is 5.92 Å². The van der Waals surface area contributed by atoms with Crippen LogP contribution in [0.25, 0.3) is 5.69 Å². The van der Waals surface area contributed by atoms with Gasteiger partial charge in [0.05, 0.1) is 25.3 Å². The number of nitrogens with zero attached hydrogens (tertiary/aromatic N) is 4. The molecular weight excluding hydrogens is 416 g/mol. The molecule has 1 fully saturated rings. The third-order valence-corrected chi connectivity index (χ3v) is 5.36. The van der Waals surface area contributed by atoms with E-state index in [1.165, 1.54) is 12.0 Å². The SMILES string of the molecule is CCCn1c(=O)c(C(=O)N2CCCC(C(=O)OCC)C2)nn(-c2ccc(OC)cc2)c1=O. The highest BCUT2D eigenvalue weighted by atomic mass is 16.5. The number of methoxy groups -OCH3 is 1. The minimum absolute atomic E-state index is 0.147. The number of benzene rings is 1. The van der Waals surface area contributed by atoms with Gasteiger partial charge >= 0.3 is 11.7 Å². The number of piperidine rings is 1. The number of esters is 1. The van der Waals surface area contributed by atoms with Crippen molar-refractivity contribution in [2.75, 3.05) is 26.8 Å². The van der Waals surface area contributed by atoms with Crippen molar-refractivity contribution in [3.63, 3.8) is 0 Å². The maximum atomic E-state index is 13.3. The first-order valence-corrected chi connectivity index (χ1v) is 10.8. The molecule has 172 valence electrons. The molecule has 1 aromatic carbocycles. The van der Waals surface area contributed by atoms with Crippen molar-refractivity contribution >= 4 is 11.9 Å². The maximum absolute atomic E-state index is 13.3. The van der Waals surface area contributed by atoms with Gasteiger partial charge in [-0.2, -0.15) is 9.78 Å². The van der Waals surface area contributed by atoms with E-state index in [4.69, 9.17) is 9.47 Å². The molecule has 1 aliphatic rings. The second-order valence-electron chi connectivity index (χ2n) is 7.54. The van der Waals surface area contributed by atoms with Crippen molar-refractivity contribution < 1.29 is 19.1 Å². The first-order valence-electron chi connectivity index (χ1n) is 10.8. The summed E-state index contributed by atoms with van der Waals surface area (Å²) in [6, 6.07) is 6.57. The Labute approximate surface area is 185 Å². The number of ether oxygens (including phenoxy) is 2. The van der Waals surface area contributed by atoms with Crippen LogP contribution in [0.1, 0.15) is 43.6 Å². The summed E-state index contributed by atoms with van der Waals surface area (Å²) in [4.78, 5) is 52.8. The van der Waals surface area contributed by atoms with E-state index in [-0.39, 0.29) is 31.4 Å². The first-order chi connectivity index (χ1) is 15.4. The number of hydrogen-bond donors (Lipinski definition) is 0. The number of carbonyl (C=O) groups is 2. The third-order valence-electron chi connectivity index (χ3n) is 5.36. The van der Waals surface area contributed by atoms with E-state index in [0.717, 1.165) is 9.25 Å². The largest absolute Gasteiger partial charge is 0.497 e. The topological polar surface area (TPSA) is 113 Å². The summed E-state index contributed by atoms with van der Waals surface area (Å²) >= 11 is 0. The molecule has 10 heteroatoms. The molecular formula is C22H28N4O6. The lowest BCUT2D eigenvalue weighted by molar-refractivity contribution is -0.149. The van der Waals surface area contributed by atoms with E-state index in [1.54, 1.807) is 31.2 Å². The Morgan fingerprint density at radius 2 is 1.88 bits per heavy atom. The Morgan fingerprint density at radius 1 is 1.16 bits per heavy atom. The highest BCUT2D eigenvalue weighted by Gasteiger charge is 2.32. The standard InChI is InChI=1S/C22H28N4O6/c1-4-12-25-20(28)18(19(27)24-13-6-7-15(14-24)21(29)32-5-2)23-26(22(25)30)16-8-10-17(31-3)11-9-16/h8-11,15H,4-7,12-14H2,1-3H3. The molecule has 1 unspecified atom stereocenters. The van der Waals surface area contributed by atoms with E-state index >= 15 is 0 Å². The Bertz CT molecular complexity index is 1090. The summed E-state index contributed by atoms with van der Waals surface area (Å²) in [7, 11) is 1.53. The van der Waals surface area contributed by atoms with Crippen LogP contribution in [0.4, 0.5) is 0 Å². The molecule has 1 aliphatic heterocycles. The molecule has 1 atom stereocenters. The Morgan fingerprint density at radius 3 is 2.50 bits per heavy atom. The van der Waals surface area contributed by atoms with E-state index in [0.29, 0.717) is 37.2 Å². The molecule has 10 nitrogen and oxygen atoms in total. The van der Waals surface area contributed by atoms with E-state index < -0.39 is 23.1 Å². The lowest BCUT2D eigenvalue weighted by atomic mass is 9.98. The van der Waals surface area contributed by atoms with Crippen molar-refractivity contribution in [1.29, 1.82) is 0 Å². The average Bonchev–Trinajstić information content (AvgIpc) is 2.82. The van der Waals surface area contributed by atoms with Gasteiger partial charge in [0.15, 0.2) is 0 Å². The normalized spacial score (nSPS) is 16.0. The summed E-state index contributed by atoms with van der Waals surface area (Å²) in [6.45, 7) is 4.52. The van der Waals surface area contributed by atoms with Crippen LogP contribution >= 0.6 is 0 Å². The molecule has 0 aliphatic carbocycles. The summed E-state index contributed by atoms with van der Waals surface area (Å²) in [5, 5.41) is 4.14. The Hall–Kier alpha value is -3.43. The lowest BCUT2D eigenvalue weighted by Crippen LogP contribution is -2.49. The number of likely N-dealkylation sites (tertiary alicyclic amines) is 1. The molecule has 2 heterocycles. The summed E-state index contributed by atoms with van der Waals surface area (Å²) in [5.74, 6) is -0.808. The molecule has 0 saturated carbocycles. The fourth-order valence-electron chi connectivity index (χ4n) is 3.73. The van der Waals surface area contributed by atoms with Crippen molar-refractivity contribution in [3.05, 3.63) is 50.8 Å². The van der Waals surface area contributed by atoms with Gasteiger partial charge in [0.2, 0.25) is 5.69 Å². The van der Waals surface area contributed by atoms with Crippen molar-refractivity contribution in [2.45, 2.75) is 39.7 Å². The Balaban J connectivity index is 2.02. The highest BCUT2D eigenvalue weighted by molar-refractivity contribution is 5.92. The van der Waals surface area contributed by atoms with Crippen LogP contribution in [-0.4, -0.2) is 57.9 Å². The molecule has 3 rings (SSSR count). The molecule has 0 radical (unpaired) electrons.